The number of halogens is 2. The lowest BCUT2D eigenvalue weighted by Gasteiger charge is -2.39. The summed E-state index contributed by atoms with van der Waals surface area (Å²) in [4.78, 5) is 4.37. The lowest BCUT2D eigenvalue weighted by molar-refractivity contribution is 0.414. The third kappa shape index (κ3) is 2.28. The molecule has 2 aliphatic heterocycles. The third-order valence-corrected chi connectivity index (χ3v) is 5.67. The normalized spacial score (nSPS) is 24.5. The summed E-state index contributed by atoms with van der Waals surface area (Å²) in [5, 5.41) is 0. The third-order valence-electron chi connectivity index (χ3n) is 4.67. The summed E-state index contributed by atoms with van der Waals surface area (Å²) in [5.74, 6) is 0.870. The van der Waals surface area contributed by atoms with Crippen LogP contribution in [0.5, 0.6) is 5.75 Å². The van der Waals surface area contributed by atoms with Crippen LogP contribution >= 0.6 is 27.7 Å². The molecule has 0 aromatic heterocycles. The van der Waals surface area contributed by atoms with Crippen LogP contribution in [0.1, 0.15) is 12.0 Å². The van der Waals surface area contributed by atoms with E-state index in [1.807, 2.05) is 24.5 Å². The van der Waals surface area contributed by atoms with Crippen molar-refractivity contribution in [1.82, 2.24) is 4.42 Å². The van der Waals surface area contributed by atoms with Crippen molar-refractivity contribution in [1.29, 1.82) is 0 Å². The number of allylic oxidation sites excluding steroid dienone is 2. The van der Waals surface area contributed by atoms with E-state index < -0.39 is 5.54 Å². The van der Waals surface area contributed by atoms with Gasteiger partial charge in [0, 0.05) is 29.7 Å². The van der Waals surface area contributed by atoms with Gasteiger partial charge in [0.25, 0.3) is 0 Å². The van der Waals surface area contributed by atoms with Gasteiger partial charge >= 0.3 is 0 Å². The Labute approximate surface area is 154 Å². The second-order valence-electron chi connectivity index (χ2n) is 5.97. The van der Waals surface area contributed by atoms with Gasteiger partial charge in [0.2, 0.25) is 0 Å². The van der Waals surface area contributed by atoms with E-state index in [-0.39, 0.29) is 0 Å². The predicted octanol–water partition coefficient (Wildman–Crippen LogP) is 4.91. The molecule has 1 unspecified atom stereocenters. The van der Waals surface area contributed by atoms with Gasteiger partial charge in [-0.05, 0) is 63.7 Å². The minimum absolute atomic E-state index is 0.450. The highest BCUT2D eigenvalue weighted by Crippen LogP contribution is 2.50. The molecule has 1 spiro atoms. The number of ether oxygens (including phenoxy) is 1. The molecule has 24 heavy (non-hydrogen) atoms. The predicted molar refractivity (Wildman–Crippen MR) is 101 cm³/mol. The molecule has 0 fully saturated rings. The average molecular weight is 404 g/mol. The summed E-state index contributed by atoms with van der Waals surface area (Å²) >= 11 is 10.2. The standard InChI is InChI=1S/C19H16BrClN2O/c1-24-15-5-2-4-13(11-15)10-14-12-23(21)19-8-9-22-18(20)17(19)7-3-6-16(14)19/h2,4-9,11-12H,3,10H2,1H3. The molecule has 1 aromatic carbocycles. The van der Waals surface area contributed by atoms with Crippen LogP contribution in [-0.4, -0.2) is 21.7 Å². The summed E-state index contributed by atoms with van der Waals surface area (Å²) in [6.07, 6.45) is 12.0. The van der Waals surface area contributed by atoms with Crippen molar-refractivity contribution in [3.8, 4) is 5.75 Å². The summed E-state index contributed by atoms with van der Waals surface area (Å²) in [5.41, 5.74) is 4.31. The quantitative estimate of drug-likeness (QED) is 0.670. The number of nitrogens with zero attached hydrogens (tertiary/aromatic N) is 2. The lowest BCUT2D eigenvalue weighted by atomic mass is 9.76. The Morgan fingerprint density at radius 1 is 1.33 bits per heavy atom. The maximum absolute atomic E-state index is 6.66. The van der Waals surface area contributed by atoms with E-state index in [9.17, 15) is 0 Å². The highest BCUT2D eigenvalue weighted by atomic mass is 79.9. The van der Waals surface area contributed by atoms with E-state index in [2.05, 4.69) is 51.3 Å². The van der Waals surface area contributed by atoms with Crippen molar-refractivity contribution in [2.75, 3.05) is 7.11 Å². The fourth-order valence-electron chi connectivity index (χ4n) is 3.58. The molecule has 122 valence electrons. The van der Waals surface area contributed by atoms with Crippen LogP contribution in [0.15, 0.2) is 76.6 Å². The van der Waals surface area contributed by atoms with Gasteiger partial charge in [-0.15, -0.1) is 0 Å². The van der Waals surface area contributed by atoms with Crippen LogP contribution in [-0.2, 0) is 6.42 Å². The minimum atomic E-state index is -0.450. The second kappa shape index (κ2) is 5.94. The summed E-state index contributed by atoms with van der Waals surface area (Å²) in [6, 6.07) is 8.15. The molecule has 0 saturated carbocycles. The van der Waals surface area contributed by atoms with Crippen molar-refractivity contribution in [2.45, 2.75) is 18.4 Å². The van der Waals surface area contributed by atoms with Gasteiger partial charge in [-0.3, -0.25) is 4.42 Å². The number of methoxy groups -OCH3 is 1. The van der Waals surface area contributed by atoms with Crippen molar-refractivity contribution >= 4 is 32.3 Å². The first-order valence-corrected chi connectivity index (χ1v) is 8.90. The fourth-order valence-corrected chi connectivity index (χ4v) is 4.52. The number of benzene rings is 1. The molecule has 0 N–H and O–H groups in total. The van der Waals surface area contributed by atoms with Crippen LogP contribution in [0.4, 0.5) is 0 Å². The van der Waals surface area contributed by atoms with Gasteiger partial charge in [-0.2, -0.15) is 0 Å². The molecule has 3 aliphatic rings. The van der Waals surface area contributed by atoms with Crippen LogP contribution < -0.4 is 4.74 Å². The zero-order valence-electron chi connectivity index (χ0n) is 13.2. The van der Waals surface area contributed by atoms with Crippen LogP contribution in [0.25, 0.3) is 0 Å². The van der Waals surface area contributed by atoms with Crippen molar-refractivity contribution in [3.05, 3.63) is 77.2 Å². The van der Waals surface area contributed by atoms with Gasteiger partial charge in [0.1, 0.15) is 15.9 Å². The lowest BCUT2D eigenvalue weighted by Crippen LogP contribution is -2.43. The largest absolute Gasteiger partial charge is 0.497 e. The van der Waals surface area contributed by atoms with Crippen LogP contribution in [0.3, 0.4) is 0 Å². The summed E-state index contributed by atoms with van der Waals surface area (Å²) < 4.78 is 7.95. The maximum Gasteiger partial charge on any atom is 0.128 e. The van der Waals surface area contributed by atoms with Crippen molar-refractivity contribution in [3.63, 3.8) is 0 Å². The van der Waals surface area contributed by atoms with Crippen LogP contribution in [0.2, 0.25) is 0 Å². The van der Waals surface area contributed by atoms with Gasteiger partial charge in [0.05, 0.1) is 7.11 Å². The molecule has 2 heterocycles. The van der Waals surface area contributed by atoms with E-state index in [0.717, 1.165) is 28.8 Å². The van der Waals surface area contributed by atoms with Gasteiger partial charge in [-0.1, -0.05) is 24.3 Å². The second-order valence-corrected chi connectivity index (χ2v) is 7.08. The van der Waals surface area contributed by atoms with E-state index in [1.165, 1.54) is 16.7 Å². The smallest absolute Gasteiger partial charge is 0.128 e. The highest BCUT2D eigenvalue weighted by Gasteiger charge is 2.49. The van der Waals surface area contributed by atoms with Crippen molar-refractivity contribution < 1.29 is 4.74 Å². The highest BCUT2D eigenvalue weighted by molar-refractivity contribution is 9.18. The summed E-state index contributed by atoms with van der Waals surface area (Å²) in [7, 11) is 1.69. The fraction of sp³-hybridized carbons (Fsp3) is 0.211. The van der Waals surface area contributed by atoms with E-state index in [1.54, 1.807) is 11.5 Å². The number of aliphatic imine (C=N–C) groups is 1. The molecule has 0 amide bonds. The molecule has 3 nitrogen and oxygen atoms in total. The Hall–Kier alpha value is -1.78. The van der Waals surface area contributed by atoms with Gasteiger partial charge < -0.3 is 4.74 Å². The number of rotatable bonds is 3. The monoisotopic (exact) mass is 402 g/mol. The Kier molecular flexibility index (Phi) is 3.89. The summed E-state index contributed by atoms with van der Waals surface area (Å²) in [6.45, 7) is 0. The number of hydrogen-bond donors (Lipinski definition) is 0. The van der Waals surface area contributed by atoms with E-state index >= 15 is 0 Å². The molecule has 0 bridgehead atoms. The van der Waals surface area contributed by atoms with E-state index in [0.29, 0.717) is 0 Å². The van der Waals surface area contributed by atoms with Crippen LogP contribution in [0, 0.1) is 0 Å². The molecule has 5 heteroatoms. The zero-order chi connectivity index (χ0) is 16.7. The molecule has 4 rings (SSSR count). The first-order valence-electron chi connectivity index (χ1n) is 7.77. The topological polar surface area (TPSA) is 24.8 Å². The molecule has 1 aromatic rings. The Bertz CT molecular complexity index is 853. The SMILES string of the molecule is COc1cccc(CC2=CN(Cl)C34C=CN=C(Br)C3=CCC=C24)c1. The van der Waals surface area contributed by atoms with Gasteiger partial charge in [-0.25, -0.2) is 4.99 Å². The molecular formula is C19H16BrClN2O. The van der Waals surface area contributed by atoms with Crippen molar-refractivity contribution in [2.24, 2.45) is 4.99 Å². The zero-order valence-corrected chi connectivity index (χ0v) is 15.5. The Morgan fingerprint density at radius 3 is 3.00 bits per heavy atom. The number of hydrogen-bond acceptors (Lipinski definition) is 3. The molecule has 0 saturated heterocycles. The van der Waals surface area contributed by atoms with E-state index in [4.69, 9.17) is 16.5 Å². The maximum atomic E-state index is 6.66. The minimum Gasteiger partial charge on any atom is -0.497 e. The first kappa shape index (κ1) is 15.7. The molecule has 0 radical (unpaired) electrons. The molecule has 1 atom stereocenters. The Balaban J connectivity index is 1.70. The van der Waals surface area contributed by atoms with Gasteiger partial charge in [0.15, 0.2) is 0 Å². The first-order chi connectivity index (χ1) is 11.6. The Morgan fingerprint density at radius 2 is 2.17 bits per heavy atom. The molecule has 1 aliphatic carbocycles. The average Bonchev–Trinajstić information content (AvgIpc) is 2.87. The molecular weight excluding hydrogens is 388 g/mol.